The number of hydrogen-bond donors (Lipinski definition) is 2. The van der Waals surface area contributed by atoms with Gasteiger partial charge in [-0.1, -0.05) is 36.3 Å². The molecule has 112 valence electrons. The molecule has 0 aliphatic carbocycles. The van der Waals surface area contributed by atoms with Gasteiger partial charge in [0.25, 0.3) is 0 Å². The summed E-state index contributed by atoms with van der Waals surface area (Å²) in [4.78, 5) is 24.1. The van der Waals surface area contributed by atoms with Crippen molar-refractivity contribution in [2.24, 2.45) is 0 Å². The van der Waals surface area contributed by atoms with Crippen molar-refractivity contribution in [3.63, 3.8) is 0 Å². The smallest absolute Gasteiger partial charge is 0.318 e. The van der Waals surface area contributed by atoms with Gasteiger partial charge in [0.1, 0.15) is 0 Å². The Balaban J connectivity index is 2.66. The van der Waals surface area contributed by atoms with Crippen molar-refractivity contribution < 1.29 is 14.7 Å². The van der Waals surface area contributed by atoms with Gasteiger partial charge in [-0.05, 0) is 18.4 Å². The maximum atomic E-state index is 12.0. The quantitative estimate of drug-likeness (QED) is 0.751. The van der Waals surface area contributed by atoms with Gasteiger partial charge in [-0.15, -0.1) is 6.42 Å². The lowest BCUT2D eigenvalue weighted by molar-refractivity contribution is -0.137. The normalized spacial score (nSPS) is 11.2. The van der Waals surface area contributed by atoms with E-state index in [4.69, 9.17) is 11.5 Å². The maximum Gasteiger partial charge on any atom is 0.318 e. The van der Waals surface area contributed by atoms with Crippen LogP contribution >= 0.6 is 0 Å². The van der Waals surface area contributed by atoms with E-state index in [0.29, 0.717) is 12.8 Å². The fourth-order valence-corrected chi connectivity index (χ4v) is 1.92. The monoisotopic (exact) mass is 288 g/mol. The molecule has 1 rings (SSSR count). The zero-order chi connectivity index (χ0) is 15.7. The number of benzene rings is 1. The first-order valence-corrected chi connectivity index (χ1v) is 6.73. The summed E-state index contributed by atoms with van der Waals surface area (Å²) in [6, 6.07) is 9.10. The Labute approximate surface area is 125 Å². The minimum atomic E-state index is -0.876. The number of carbonyl (C=O) groups is 2. The molecule has 1 aromatic rings. The summed E-state index contributed by atoms with van der Waals surface area (Å²) in [7, 11) is 1.60. The van der Waals surface area contributed by atoms with Gasteiger partial charge in [0, 0.05) is 19.5 Å². The average Bonchev–Trinajstić information content (AvgIpc) is 2.46. The van der Waals surface area contributed by atoms with Crippen LogP contribution in [0.3, 0.4) is 0 Å². The first kappa shape index (κ1) is 16.6. The molecule has 1 aromatic carbocycles. The van der Waals surface area contributed by atoms with Crippen LogP contribution in [0.15, 0.2) is 30.3 Å². The van der Waals surface area contributed by atoms with Gasteiger partial charge < -0.3 is 15.3 Å². The third-order valence-corrected chi connectivity index (χ3v) is 3.03. The van der Waals surface area contributed by atoms with Gasteiger partial charge >= 0.3 is 12.0 Å². The van der Waals surface area contributed by atoms with Crippen LogP contribution in [-0.2, 0) is 11.2 Å². The maximum absolute atomic E-state index is 12.0. The Morgan fingerprint density at radius 2 is 2.05 bits per heavy atom. The van der Waals surface area contributed by atoms with Gasteiger partial charge in [-0.25, -0.2) is 4.79 Å². The summed E-state index contributed by atoms with van der Waals surface area (Å²) >= 11 is 0. The Hall–Kier alpha value is -2.48. The molecule has 21 heavy (non-hydrogen) atoms. The molecular weight excluding hydrogens is 268 g/mol. The molecule has 2 N–H and O–H groups in total. The molecule has 0 saturated heterocycles. The number of nitrogens with zero attached hydrogens (tertiary/aromatic N) is 1. The molecule has 1 atom stereocenters. The van der Waals surface area contributed by atoms with E-state index in [2.05, 4.69) is 11.2 Å². The Morgan fingerprint density at radius 1 is 1.38 bits per heavy atom. The summed E-state index contributed by atoms with van der Waals surface area (Å²) in [6.45, 7) is 0.211. The van der Waals surface area contributed by atoms with Gasteiger partial charge in [-0.3, -0.25) is 4.79 Å². The molecule has 0 fully saturated rings. The molecule has 0 aliphatic heterocycles. The van der Waals surface area contributed by atoms with E-state index in [1.54, 1.807) is 7.05 Å². The molecule has 0 heterocycles. The van der Waals surface area contributed by atoms with E-state index in [0.717, 1.165) is 5.56 Å². The number of terminal acetylenes is 1. The predicted molar refractivity (Wildman–Crippen MR) is 80.8 cm³/mol. The van der Waals surface area contributed by atoms with Crippen molar-refractivity contribution in [3.05, 3.63) is 35.9 Å². The summed E-state index contributed by atoms with van der Waals surface area (Å²) < 4.78 is 0. The summed E-state index contributed by atoms with van der Waals surface area (Å²) in [5, 5.41) is 11.6. The van der Waals surface area contributed by atoms with Crippen LogP contribution in [0.2, 0.25) is 0 Å². The van der Waals surface area contributed by atoms with Crippen molar-refractivity contribution in [2.45, 2.75) is 25.3 Å². The first-order valence-electron chi connectivity index (χ1n) is 6.73. The fraction of sp³-hybridized carbons (Fsp3) is 0.375. The van der Waals surface area contributed by atoms with Crippen molar-refractivity contribution in [1.29, 1.82) is 0 Å². The second-order valence-corrected chi connectivity index (χ2v) is 4.83. The number of urea groups is 1. The highest BCUT2D eigenvalue weighted by atomic mass is 16.4. The van der Waals surface area contributed by atoms with Crippen LogP contribution in [0, 0.1) is 12.3 Å². The van der Waals surface area contributed by atoms with Crippen molar-refractivity contribution in [3.8, 4) is 12.3 Å². The van der Waals surface area contributed by atoms with Gasteiger partial charge in [-0.2, -0.15) is 0 Å². The van der Waals surface area contributed by atoms with Crippen LogP contribution in [0.25, 0.3) is 0 Å². The fourth-order valence-electron chi connectivity index (χ4n) is 1.92. The minimum absolute atomic E-state index is 0.0105. The molecule has 2 amide bonds. The Morgan fingerprint density at radius 3 is 2.62 bits per heavy atom. The molecule has 5 nitrogen and oxygen atoms in total. The van der Waals surface area contributed by atoms with Crippen molar-refractivity contribution in [1.82, 2.24) is 10.2 Å². The number of hydrogen-bond acceptors (Lipinski definition) is 2. The zero-order valence-electron chi connectivity index (χ0n) is 12.1. The van der Waals surface area contributed by atoms with Crippen molar-refractivity contribution in [2.75, 3.05) is 13.6 Å². The third-order valence-electron chi connectivity index (χ3n) is 3.03. The van der Waals surface area contributed by atoms with E-state index in [-0.39, 0.29) is 25.0 Å². The number of carboxylic acid groups (broad SMARTS) is 1. The highest BCUT2D eigenvalue weighted by Gasteiger charge is 2.16. The topological polar surface area (TPSA) is 69.6 Å². The van der Waals surface area contributed by atoms with Crippen LogP contribution in [-0.4, -0.2) is 41.6 Å². The van der Waals surface area contributed by atoms with Gasteiger partial charge in [0.05, 0.1) is 6.54 Å². The number of amides is 2. The number of aliphatic carboxylic acids is 1. The molecule has 5 heteroatoms. The standard InChI is InChI=1S/C16H20N2O3/c1-3-11-18(2)16(21)17-14(9-10-15(19)20)12-13-7-5-4-6-8-13/h1,4-8,14H,9-12H2,2H3,(H,17,21)(H,19,20). The Bertz CT molecular complexity index is 508. The molecular formula is C16H20N2O3. The van der Waals surface area contributed by atoms with Crippen LogP contribution < -0.4 is 5.32 Å². The number of nitrogens with one attached hydrogen (secondary N) is 1. The summed E-state index contributed by atoms with van der Waals surface area (Å²) in [6.07, 6.45) is 6.14. The molecule has 0 saturated carbocycles. The highest BCUT2D eigenvalue weighted by molar-refractivity contribution is 5.74. The van der Waals surface area contributed by atoms with Crippen LogP contribution in [0.5, 0.6) is 0 Å². The number of rotatable bonds is 7. The highest BCUT2D eigenvalue weighted by Crippen LogP contribution is 2.08. The lowest BCUT2D eigenvalue weighted by Crippen LogP contribution is -2.44. The van der Waals surface area contributed by atoms with E-state index in [1.807, 2.05) is 30.3 Å². The van der Waals surface area contributed by atoms with Crippen LogP contribution in [0.4, 0.5) is 4.79 Å². The molecule has 0 bridgehead atoms. The summed E-state index contributed by atoms with van der Waals surface area (Å²) in [5.74, 6) is 1.52. The number of carbonyl (C=O) groups excluding carboxylic acids is 1. The van der Waals surface area contributed by atoms with E-state index >= 15 is 0 Å². The molecule has 0 radical (unpaired) electrons. The zero-order valence-corrected chi connectivity index (χ0v) is 12.1. The molecule has 0 aromatic heterocycles. The lowest BCUT2D eigenvalue weighted by atomic mass is 10.0. The predicted octanol–water partition coefficient (Wildman–Crippen LogP) is 1.74. The second kappa shape index (κ2) is 8.64. The largest absolute Gasteiger partial charge is 0.481 e. The first-order chi connectivity index (χ1) is 10.0. The molecule has 0 aliphatic rings. The summed E-state index contributed by atoms with van der Waals surface area (Å²) in [5.41, 5.74) is 1.05. The van der Waals surface area contributed by atoms with Crippen molar-refractivity contribution >= 4 is 12.0 Å². The number of carboxylic acids is 1. The van der Waals surface area contributed by atoms with E-state index in [1.165, 1.54) is 4.90 Å². The Kier molecular flexibility index (Phi) is 6.82. The minimum Gasteiger partial charge on any atom is -0.481 e. The second-order valence-electron chi connectivity index (χ2n) is 4.83. The third kappa shape index (κ3) is 6.48. The molecule has 0 spiro atoms. The SMILES string of the molecule is C#CCN(C)C(=O)NC(CCC(=O)O)Cc1ccccc1. The van der Waals surface area contributed by atoms with E-state index < -0.39 is 5.97 Å². The van der Waals surface area contributed by atoms with Gasteiger partial charge in [0.15, 0.2) is 0 Å². The van der Waals surface area contributed by atoms with Crippen LogP contribution in [0.1, 0.15) is 18.4 Å². The van der Waals surface area contributed by atoms with E-state index in [9.17, 15) is 9.59 Å². The molecule has 1 unspecified atom stereocenters. The van der Waals surface area contributed by atoms with Gasteiger partial charge in [0.2, 0.25) is 0 Å². The average molecular weight is 288 g/mol. The lowest BCUT2D eigenvalue weighted by Gasteiger charge is -2.22.